The molecule has 2 bridgehead atoms. The summed E-state index contributed by atoms with van der Waals surface area (Å²) in [5.41, 5.74) is 0. The Morgan fingerprint density at radius 2 is 2.05 bits per heavy atom. The normalized spacial score (nSPS) is 31.7. The number of carboxylic acids is 1. The number of unbranched alkanes of at least 4 members (excludes halogenated alkanes) is 1. The standard InChI is InChI=1S/C18H28O2S/c1-2-3-12-21-18-15-11-10-14(13-15)16(18)8-6-4-5-7-9-17(19)20/h2-4,6,14-16,18H,5,7-13H2,1H3,(H,19,20)/t14-,15+,16-,18+/m0/s1. The number of allylic oxidation sites excluding steroid dienone is 3. The Hall–Kier alpha value is -0.700. The minimum absolute atomic E-state index is 0.292. The second-order valence-electron chi connectivity index (χ2n) is 6.36. The molecule has 0 heterocycles. The number of thioether (sulfide) groups is 1. The molecule has 2 nitrogen and oxygen atoms in total. The van der Waals surface area contributed by atoms with E-state index in [0.717, 1.165) is 41.6 Å². The molecule has 0 radical (unpaired) electrons. The summed E-state index contributed by atoms with van der Waals surface area (Å²) in [6.07, 6.45) is 16.4. The van der Waals surface area contributed by atoms with Crippen molar-refractivity contribution in [2.45, 2.75) is 57.1 Å². The zero-order valence-electron chi connectivity index (χ0n) is 13.0. The van der Waals surface area contributed by atoms with Crippen molar-refractivity contribution >= 4 is 17.7 Å². The third-order valence-electron chi connectivity index (χ3n) is 4.96. The molecule has 2 rings (SSSR count). The van der Waals surface area contributed by atoms with Crippen LogP contribution in [0.15, 0.2) is 24.3 Å². The smallest absolute Gasteiger partial charge is 0.303 e. The van der Waals surface area contributed by atoms with E-state index in [1.165, 1.54) is 25.7 Å². The fourth-order valence-corrected chi connectivity index (χ4v) is 5.57. The van der Waals surface area contributed by atoms with Gasteiger partial charge in [-0.3, -0.25) is 4.79 Å². The first-order valence-electron chi connectivity index (χ1n) is 8.32. The van der Waals surface area contributed by atoms with Crippen LogP contribution in [0.1, 0.15) is 51.9 Å². The zero-order chi connectivity index (χ0) is 15.1. The van der Waals surface area contributed by atoms with Crippen molar-refractivity contribution in [2.75, 3.05) is 5.75 Å². The van der Waals surface area contributed by atoms with Crippen molar-refractivity contribution in [3.8, 4) is 0 Å². The molecule has 0 aromatic heterocycles. The predicted molar refractivity (Wildman–Crippen MR) is 90.6 cm³/mol. The van der Waals surface area contributed by atoms with Crippen LogP contribution in [-0.2, 0) is 4.79 Å². The molecule has 118 valence electrons. The van der Waals surface area contributed by atoms with Crippen molar-refractivity contribution < 1.29 is 9.90 Å². The maximum Gasteiger partial charge on any atom is 0.303 e. The van der Waals surface area contributed by atoms with Gasteiger partial charge in [0.2, 0.25) is 0 Å². The number of carboxylic acid groups (broad SMARTS) is 1. The van der Waals surface area contributed by atoms with Crippen LogP contribution in [0.5, 0.6) is 0 Å². The molecule has 21 heavy (non-hydrogen) atoms. The van der Waals surface area contributed by atoms with E-state index in [-0.39, 0.29) is 0 Å². The van der Waals surface area contributed by atoms with Crippen LogP contribution < -0.4 is 0 Å². The van der Waals surface area contributed by atoms with Crippen LogP contribution in [0.25, 0.3) is 0 Å². The number of hydrogen-bond acceptors (Lipinski definition) is 2. The summed E-state index contributed by atoms with van der Waals surface area (Å²) < 4.78 is 0. The van der Waals surface area contributed by atoms with E-state index in [9.17, 15) is 4.79 Å². The fraction of sp³-hybridized carbons (Fsp3) is 0.722. The molecular weight excluding hydrogens is 280 g/mol. The van der Waals surface area contributed by atoms with E-state index in [1.54, 1.807) is 0 Å². The van der Waals surface area contributed by atoms with Crippen molar-refractivity contribution in [1.82, 2.24) is 0 Å². The maximum absolute atomic E-state index is 10.5. The molecule has 3 heteroatoms. The van der Waals surface area contributed by atoms with E-state index in [1.807, 2.05) is 0 Å². The molecular formula is C18H28O2S. The minimum atomic E-state index is -0.683. The molecule has 0 aromatic carbocycles. The topological polar surface area (TPSA) is 37.3 Å². The average molecular weight is 308 g/mol. The van der Waals surface area contributed by atoms with Crippen LogP contribution in [0, 0.1) is 17.8 Å². The van der Waals surface area contributed by atoms with Crippen LogP contribution >= 0.6 is 11.8 Å². The highest BCUT2D eigenvalue weighted by Gasteiger charge is 2.46. The Bertz CT molecular complexity index is 389. The number of aliphatic carboxylic acids is 1. The summed E-state index contributed by atoms with van der Waals surface area (Å²) in [4.78, 5) is 10.5. The second kappa shape index (κ2) is 8.67. The highest BCUT2D eigenvalue weighted by molar-refractivity contribution is 8.00. The fourth-order valence-electron chi connectivity index (χ4n) is 3.95. The Balaban J connectivity index is 1.74. The molecule has 2 fully saturated rings. The first-order valence-corrected chi connectivity index (χ1v) is 9.36. The molecule has 0 aromatic rings. The molecule has 2 saturated carbocycles. The van der Waals surface area contributed by atoms with Gasteiger partial charge in [-0.05, 0) is 63.2 Å². The van der Waals surface area contributed by atoms with Crippen molar-refractivity contribution in [2.24, 2.45) is 17.8 Å². The van der Waals surface area contributed by atoms with Gasteiger partial charge in [-0.1, -0.05) is 24.3 Å². The van der Waals surface area contributed by atoms with Crippen molar-refractivity contribution in [3.05, 3.63) is 24.3 Å². The molecule has 0 unspecified atom stereocenters. The monoisotopic (exact) mass is 308 g/mol. The number of hydrogen-bond donors (Lipinski definition) is 1. The Labute approximate surface area is 133 Å². The van der Waals surface area contributed by atoms with Crippen molar-refractivity contribution in [1.29, 1.82) is 0 Å². The summed E-state index contributed by atoms with van der Waals surface area (Å²) in [7, 11) is 0. The van der Waals surface area contributed by atoms with Gasteiger partial charge in [-0.25, -0.2) is 0 Å². The Kier molecular flexibility index (Phi) is 6.88. The maximum atomic E-state index is 10.5. The SMILES string of the molecule is CC=CCS[C@@H]1[C@@H]2CC[C@@H](C2)[C@@H]1CC=CCCCC(=O)O. The molecule has 2 aliphatic carbocycles. The largest absolute Gasteiger partial charge is 0.481 e. The van der Waals surface area contributed by atoms with Crippen LogP contribution in [0.4, 0.5) is 0 Å². The summed E-state index contributed by atoms with van der Waals surface area (Å²) in [6.45, 7) is 2.10. The lowest BCUT2D eigenvalue weighted by molar-refractivity contribution is -0.137. The van der Waals surface area contributed by atoms with E-state index in [0.29, 0.717) is 6.42 Å². The van der Waals surface area contributed by atoms with Gasteiger partial charge in [0.15, 0.2) is 0 Å². The van der Waals surface area contributed by atoms with Gasteiger partial charge >= 0.3 is 5.97 Å². The summed E-state index contributed by atoms with van der Waals surface area (Å²) >= 11 is 2.15. The van der Waals surface area contributed by atoms with Gasteiger partial charge < -0.3 is 5.11 Å². The lowest BCUT2D eigenvalue weighted by Crippen LogP contribution is -2.24. The Morgan fingerprint density at radius 1 is 1.24 bits per heavy atom. The molecule has 4 atom stereocenters. The van der Waals surface area contributed by atoms with Crippen LogP contribution in [0.2, 0.25) is 0 Å². The van der Waals surface area contributed by atoms with Gasteiger partial charge in [0.05, 0.1) is 0 Å². The zero-order valence-corrected chi connectivity index (χ0v) is 13.9. The summed E-state index contributed by atoms with van der Waals surface area (Å²) in [5.74, 6) is 3.23. The lowest BCUT2D eigenvalue weighted by atomic mass is 9.86. The van der Waals surface area contributed by atoms with Gasteiger partial charge in [-0.15, -0.1) is 0 Å². The van der Waals surface area contributed by atoms with E-state index in [2.05, 4.69) is 43.0 Å². The van der Waals surface area contributed by atoms with E-state index < -0.39 is 5.97 Å². The molecule has 0 saturated heterocycles. The average Bonchev–Trinajstić information content (AvgIpc) is 3.04. The third kappa shape index (κ3) is 4.91. The number of rotatable bonds is 9. The van der Waals surface area contributed by atoms with Gasteiger partial charge in [-0.2, -0.15) is 11.8 Å². The molecule has 0 amide bonds. The molecule has 2 aliphatic rings. The van der Waals surface area contributed by atoms with Crippen LogP contribution in [0.3, 0.4) is 0 Å². The summed E-state index contributed by atoms with van der Waals surface area (Å²) in [5, 5.41) is 9.47. The number of fused-ring (bicyclic) bond motifs is 2. The molecule has 0 spiro atoms. The molecule has 0 aliphatic heterocycles. The van der Waals surface area contributed by atoms with E-state index in [4.69, 9.17) is 5.11 Å². The van der Waals surface area contributed by atoms with Gasteiger partial charge in [0, 0.05) is 17.4 Å². The summed E-state index contributed by atoms with van der Waals surface area (Å²) in [6, 6.07) is 0. The quantitative estimate of drug-likeness (QED) is 0.485. The first-order chi connectivity index (χ1) is 10.2. The van der Waals surface area contributed by atoms with Gasteiger partial charge in [0.25, 0.3) is 0 Å². The van der Waals surface area contributed by atoms with Crippen molar-refractivity contribution in [3.63, 3.8) is 0 Å². The van der Waals surface area contributed by atoms with Crippen LogP contribution in [-0.4, -0.2) is 22.1 Å². The van der Waals surface area contributed by atoms with Gasteiger partial charge in [0.1, 0.15) is 0 Å². The highest BCUT2D eigenvalue weighted by Crippen LogP contribution is 2.54. The lowest BCUT2D eigenvalue weighted by Gasteiger charge is -2.29. The number of carbonyl (C=O) groups is 1. The third-order valence-corrected chi connectivity index (χ3v) is 6.47. The second-order valence-corrected chi connectivity index (χ2v) is 7.57. The predicted octanol–water partition coefficient (Wildman–Crippen LogP) is 4.91. The van der Waals surface area contributed by atoms with E-state index >= 15 is 0 Å². The first kappa shape index (κ1) is 16.7. The minimum Gasteiger partial charge on any atom is -0.481 e. The Morgan fingerprint density at radius 3 is 2.81 bits per heavy atom. The highest BCUT2D eigenvalue weighted by atomic mass is 32.2. The molecule has 1 N–H and O–H groups in total.